The number of carbonyl (C=O) groups is 2. The largest absolute Gasteiger partial charge is 0.334 e. The Balaban J connectivity index is 1.27. The molecule has 1 fully saturated rings. The van der Waals surface area contributed by atoms with Crippen molar-refractivity contribution in [2.45, 2.75) is 0 Å². The molecule has 0 spiro atoms. The fraction of sp³-hybridized carbons (Fsp3) is 0.174. The molecule has 9 heteroatoms. The third-order valence-electron chi connectivity index (χ3n) is 5.50. The number of nitrogens with one attached hydrogen (secondary N) is 1. The number of halogens is 1. The molecule has 5 rings (SSSR count). The number of para-hydroxylation sites is 1. The Labute approximate surface area is 188 Å². The molecule has 2 aromatic heterocycles. The van der Waals surface area contributed by atoms with Crippen LogP contribution in [-0.2, 0) is 0 Å². The SMILES string of the molecule is O=C(c1ccnc(-c2ccc(Cl)cc2)n1)N1CCN(C(=O)c2n[nH]c3ccccc23)CC1. The van der Waals surface area contributed by atoms with E-state index in [1.54, 1.807) is 34.2 Å². The summed E-state index contributed by atoms with van der Waals surface area (Å²) in [6.07, 6.45) is 1.58. The molecule has 2 aromatic carbocycles. The van der Waals surface area contributed by atoms with Gasteiger partial charge in [-0.3, -0.25) is 14.7 Å². The number of hydrogen-bond donors (Lipinski definition) is 1. The smallest absolute Gasteiger partial charge is 0.275 e. The van der Waals surface area contributed by atoms with Gasteiger partial charge in [0.1, 0.15) is 5.69 Å². The summed E-state index contributed by atoms with van der Waals surface area (Å²) in [4.78, 5) is 38.1. The highest BCUT2D eigenvalue weighted by Gasteiger charge is 2.28. The van der Waals surface area contributed by atoms with Crippen molar-refractivity contribution >= 4 is 34.3 Å². The molecule has 0 saturated carbocycles. The van der Waals surface area contributed by atoms with Crippen LogP contribution in [0.4, 0.5) is 0 Å². The second kappa shape index (κ2) is 8.39. The average molecular weight is 447 g/mol. The first kappa shape index (κ1) is 20.1. The zero-order valence-corrected chi connectivity index (χ0v) is 17.8. The zero-order chi connectivity index (χ0) is 22.1. The van der Waals surface area contributed by atoms with Crippen LogP contribution in [-0.4, -0.2) is 68.0 Å². The lowest BCUT2D eigenvalue weighted by atomic mass is 10.2. The van der Waals surface area contributed by atoms with Crippen LogP contribution in [0.5, 0.6) is 0 Å². The van der Waals surface area contributed by atoms with E-state index in [1.807, 2.05) is 36.4 Å². The van der Waals surface area contributed by atoms with E-state index in [0.717, 1.165) is 16.5 Å². The highest BCUT2D eigenvalue weighted by molar-refractivity contribution is 6.30. The number of carbonyl (C=O) groups excluding carboxylic acids is 2. The average Bonchev–Trinajstić information content (AvgIpc) is 3.28. The molecule has 0 atom stereocenters. The number of nitrogens with zero attached hydrogens (tertiary/aromatic N) is 5. The maximum Gasteiger partial charge on any atom is 0.275 e. The number of rotatable bonds is 3. The third-order valence-corrected chi connectivity index (χ3v) is 5.76. The van der Waals surface area contributed by atoms with Crippen LogP contribution in [0.1, 0.15) is 21.0 Å². The molecular weight excluding hydrogens is 428 g/mol. The number of fused-ring (bicyclic) bond motifs is 1. The van der Waals surface area contributed by atoms with Crippen molar-refractivity contribution in [1.82, 2.24) is 30.0 Å². The maximum absolute atomic E-state index is 13.0. The van der Waals surface area contributed by atoms with E-state index < -0.39 is 0 Å². The van der Waals surface area contributed by atoms with Crippen LogP contribution >= 0.6 is 11.6 Å². The molecule has 2 amide bonds. The lowest BCUT2D eigenvalue weighted by Crippen LogP contribution is -2.50. The van der Waals surface area contributed by atoms with Crippen LogP contribution in [0.3, 0.4) is 0 Å². The van der Waals surface area contributed by atoms with Gasteiger partial charge in [0, 0.05) is 48.3 Å². The highest BCUT2D eigenvalue weighted by atomic mass is 35.5. The maximum atomic E-state index is 13.0. The summed E-state index contributed by atoms with van der Waals surface area (Å²) in [6.45, 7) is 1.71. The summed E-state index contributed by atoms with van der Waals surface area (Å²) in [6, 6.07) is 16.3. The number of hydrogen-bond acceptors (Lipinski definition) is 5. The Morgan fingerprint density at radius 1 is 0.875 bits per heavy atom. The first-order chi connectivity index (χ1) is 15.6. The Bertz CT molecular complexity index is 1300. The molecule has 160 valence electrons. The molecule has 4 aromatic rings. The van der Waals surface area contributed by atoms with Gasteiger partial charge in [-0.2, -0.15) is 5.10 Å². The normalized spacial score (nSPS) is 14.0. The highest BCUT2D eigenvalue weighted by Crippen LogP contribution is 2.20. The Kier molecular flexibility index (Phi) is 5.28. The monoisotopic (exact) mass is 446 g/mol. The van der Waals surface area contributed by atoms with Crippen molar-refractivity contribution in [1.29, 1.82) is 0 Å². The van der Waals surface area contributed by atoms with Crippen LogP contribution in [0.2, 0.25) is 5.02 Å². The fourth-order valence-corrected chi connectivity index (χ4v) is 3.89. The van der Waals surface area contributed by atoms with Crippen molar-refractivity contribution < 1.29 is 9.59 Å². The van der Waals surface area contributed by atoms with E-state index in [1.165, 1.54) is 0 Å². The standard InChI is InChI=1S/C23H19ClN6O2/c24-16-7-5-15(6-8-16)21-25-10-9-19(26-21)22(31)29-11-13-30(14-12-29)23(32)20-17-3-1-2-4-18(17)27-28-20/h1-10H,11-14H2,(H,27,28). The van der Waals surface area contributed by atoms with Crippen LogP contribution in [0.25, 0.3) is 22.3 Å². The summed E-state index contributed by atoms with van der Waals surface area (Å²) >= 11 is 5.94. The molecule has 1 N–H and O–H groups in total. The molecule has 1 saturated heterocycles. The quantitative estimate of drug-likeness (QED) is 0.521. The predicted molar refractivity (Wildman–Crippen MR) is 120 cm³/mol. The Morgan fingerprint density at radius 3 is 2.31 bits per heavy atom. The second-order valence-electron chi connectivity index (χ2n) is 7.47. The number of H-pyrrole nitrogens is 1. The van der Waals surface area contributed by atoms with Gasteiger partial charge >= 0.3 is 0 Å². The predicted octanol–water partition coefficient (Wildman–Crippen LogP) is 3.27. The summed E-state index contributed by atoms with van der Waals surface area (Å²) in [7, 11) is 0. The van der Waals surface area contributed by atoms with E-state index in [9.17, 15) is 9.59 Å². The number of amides is 2. The van der Waals surface area contributed by atoms with Crippen molar-refractivity contribution in [3.05, 3.63) is 77.2 Å². The Morgan fingerprint density at radius 2 is 1.56 bits per heavy atom. The van der Waals surface area contributed by atoms with Crippen molar-refractivity contribution in [2.75, 3.05) is 26.2 Å². The lowest BCUT2D eigenvalue weighted by molar-refractivity contribution is 0.0530. The van der Waals surface area contributed by atoms with Crippen LogP contribution in [0.15, 0.2) is 60.8 Å². The molecule has 0 aliphatic carbocycles. The molecule has 3 heterocycles. The molecule has 32 heavy (non-hydrogen) atoms. The first-order valence-electron chi connectivity index (χ1n) is 10.2. The van der Waals surface area contributed by atoms with E-state index in [2.05, 4.69) is 20.2 Å². The molecule has 8 nitrogen and oxygen atoms in total. The van der Waals surface area contributed by atoms with E-state index in [4.69, 9.17) is 11.6 Å². The van der Waals surface area contributed by atoms with Gasteiger partial charge in [0.05, 0.1) is 5.52 Å². The van der Waals surface area contributed by atoms with Gasteiger partial charge in [-0.25, -0.2) is 9.97 Å². The van der Waals surface area contributed by atoms with Crippen molar-refractivity contribution in [3.63, 3.8) is 0 Å². The fourth-order valence-electron chi connectivity index (χ4n) is 3.77. The summed E-state index contributed by atoms with van der Waals surface area (Å²) < 4.78 is 0. The van der Waals surface area contributed by atoms with Crippen molar-refractivity contribution in [3.8, 4) is 11.4 Å². The summed E-state index contributed by atoms with van der Waals surface area (Å²) in [5, 5.41) is 8.51. The summed E-state index contributed by atoms with van der Waals surface area (Å²) in [5.41, 5.74) is 2.34. The molecule has 1 aliphatic rings. The molecule has 1 aliphatic heterocycles. The minimum atomic E-state index is -0.181. The minimum absolute atomic E-state index is 0.137. The molecule has 0 bridgehead atoms. The number of benzene rings is 2. The van der Waals surface area contributed by atoms with Gasteiger partial charge in [0.15, 0.2) is 11.5 Å². The van der Waals surface area contributed by atoms with Gasteiger partial charge in [-0.1, -0.05) is 29.8 Å². The van der Waals surface area contributed by atoms with Gasteiger partial charge in [0.2, 0.25) is 0 Å². The minimum Gasteiger partial charge on any atom is -0.334 e. The first-order valence-corrected chi connectivity index (χ1v) is 10.6. The van der Waals surface area contributed by atoms with E-state index in [0.29, 0.717) is 48.4 Å². The second-order valence-corrected chi connectivity index (χ2v) is 7.91. The Hall–Kier alpha value is -3.78. The van der Waals surface area contributed by atoms with E-state index >= 15 is 0 Å². The van der Waals surface area contributed by atoms with Gasteiger partial charge in [-0.05, 0) is 36.4 Å². The van der Waals surface area contributed by atoms with Crippen LogP contribution in [0, 0.1) is 0 Å². The van der Waals surface area contributed by atoms with Crippen molar-refractivity contribution in [2.24, 2.45) is 0 Å². The van der Waals surface area contributed by atoms with Gasteiger partial charge in [-0.15, -0.1) is 0 Å². The van der Waals surface area contributed by atoms with Crippen LogP contribution < -0.4 is 0 Å². The number of piperazine rings is 1. The molecular formula is C23H19ClN6O2. The molecule has 0 radical (unpaired) electrons. The molecule has 0 unspecified atom stereocenters. The number of aromatic amines is 1. The topological polar surface area (TPSA) is 95.1 Å². The lowest BCUT2D eigenvalue weighted by Gasteiger charge is -2.34. The number of aromatic nitrogens is 4. The van der Waals surface area contributed by atoms with Gasteiger partial charge < -0.3 is 9.80 Å². The van der Waals surface area contributed by atoms with E-state index in [-0.39, 0.29) is 11.8 Å². The third kappa shape index (κ3) is 3.80. The van der Waals surface area contributed by atoms with Gasteiger partial charge in [0.25, 0.3) is 11.8 Å². The summed E-state index contributed by atoms with van der Waals surface area (Å²) in [5.74, 6) is 0.147. The zero-order valence-electron chi connectivity index (χ0n) is 17.0.